The first-order valence-corrected chi connectivity index (χ1v) is 14.1. The molecule has 0 radical (unpaired) electrons. The molecule has 43 heavy (non-hydrogen) atoms. The van der Waals surface area contributed by atoms with Crippen molar-refractivity contribution < 1.29 is 23.5 Å². The number of nitrogens with zero attached hydrogens (tertiary/aromatic N) is 2. The molecule has 1 aliphatic heterocycles. The van der Waals surface area contributed by atoms with Gasteiger partial charge in [-0.1, -0.05) is 47.7 Å². The zero-order chi connectivity index (χ0) is 30.2. The predicted molar refractivity (Wildman–Crippen MR) is 161 cm³/mol. The number of halogens is 1. The molecule has 0 aliphatic carbocycles. The number of furan rings is 1. The number of fused-ring (bicyclic) bond motifs is 1. The standard InChI is InChI=1S/C33H24FN3O5S/c1-18-8-9-21(32(40)41)16-25(18)26-15-14-24(42-26)17-27-31(39)37-29(20-10-12-22(34)13-11-20)28(19(2)35-33(37)43-27)30(38)36-23-6-4-3-5-7-23/h3-17,29H,1-2H3,(H,36,38)(H,40,41)/b27-17-/t29-/m1/s1. The Labute approximate surface area is 248 Å². The second-order valence-electron chi connectivity index (χ2n) is 9.99. The number of anilines is 1. The van der Waals surface area contributed by atoms with Crippen molar-refractivity contribution >= 4 is 35.0 Å². The van der Waals surface area contributed by atoms with Gasteiger partial charge in [0.15, 0.2) is 4.80 Å². The molecule has 3 heterocycles. The first kappa shape index (κ1) is 27.8. The molecule has 0 fully saturated rings. The Balaban J connectivity index is 1.44. The summed E-state index contributed by atoms with van der Waals surface area (Å²) < 4.78 is 21.7. The minimum Gasteiger partial charge on any atom is -0.478 e. The van der Waals surface area contributed by atoms with Crippen molar-refractivity contribution in [2.75, 3.05) is 5.32 Å². The van der Waals surface area contributed by atoms with Crippen molar-refractivity contribution in [2.45, 2.75) is 19.9 Å². The summed E-state index contributed by atoms with van der Waals surface area (Å²) in [5, 5.41) is 12.3. The molecule has 2 N–H and O–H groups in total. The van der Waals surface area contributed by atoms with Gasteiger partial charge in [0.25, 0.3) is 11.5 Å². The third-order valence-electron chi connectivity index (χ3n) is 7.13. The molecule has 1 aliphatic rings. The van der Waals surface area contributed by atoms with Crippen molar-refractivity contribution in [2.24, 2.45) is 4.99 Å². The van der Waals surface area contributed by atoms with Crippen molar-refractivity contribution in [3.63, 3.8) is 0 Å². The number of thiazole rings is 1. The molecular formula is C33H24FN3O5S. The van der Waals surface area contributed by atoms with E-state index in [1.807, 2.05) is 13.0 Å². The number of aromatic carboxylic acids is 1. The van der Waals surface area contributed by atoms with E-state index in [9.17, 15) is 23.9 Å². The van der Waals surface area contributed by atoms with Crippen LogP contribution in [-0.2, 0) is 4.79 Å². The number of hydrogen-bond donors (Lipinski definition) is 2. The Kier molecular flexibility index (Phi) is 7.21. The Morgan fingerprint density at radius 2 is 1.77 bits per heavy atom. The number of rotatable bonds is 6. The van der Waals surface area contributed by atoms with Crippen LogP contribution in [0.3, 0.4) is 0 Å². The first-order chi connectivity index (χ1) is 20.7. The van der Waals surface area contributed by atoms with E-state index in [-0.39, 0.29) is 11.1 Å². The van der Waals surface area contributed by atoms with Crippen LogP contribution in [0.25, 0.3) is 17.4 Å². The fraction of sp³-hybridized carbons (Fsp3) is 0.0909. The quantitative estimate of drug-likeness (QED) is 0.278. The number of aromatic nitrogens is 1. The third-order valence-corrected chi connectivity index (χ3v) is 8.12. The van der Waals surface area contributed by atoms with E-state index in [1.54, 1.807) is 73.7 Å². The van der Waals surface area contributed by atoms with Crippen molar-refractivity contribution in [1.82, 2.24) is 4.57 Å². The summed E-state index contributed by atoms with van der Waals surface area (Å²) in [6, 6.07) is 22.0. The summed E-state index contributed by atoms with van der Waals surface area (Å²) in [6.07, 6.45) is 1.59. The summed E-state index contributed by atoms with van der Waals surface area (Å²) in [5.41, 5.74) is 3.04. The number of carboxylic acids is 1. The normalized spacial score (nSPS) is 14.8. The molecule has 0 saturated carbocycles. The Morgan fingerprint density at radius 1 is 1.02 bits per heavy atom. The molecule has 8 nitrogen and oxygen atoms in total. The fourth-order valence-corrected chi connectivity index (χ4v) is 6.04. The number of aryl methyl sites for hydroxylation is 1. The van der Waals surface area contributed by atoms with E-state index in [2.05, 4.69) is 10.3 Å². The number of benzene rings is 3. The molecule has 0 bridgehead atoms. The van der Waals surface area contributed by atoms with Gasteiger partial charge in [0.05, 0.1) is 27.4 Å². The van der Waals surface area contributed by atoms with E-state index in [0.29, 0.717) is 43.4 Å². The lowest BCUT2D eigenvalue weighted by molar-refractivity contribution is -0.113. The van der Waals surface area contributed by atoms with Gasteiger partial charge in [-0.05, 0) is 73.5 Å². The monoisotopic (exact) mass is 593 g/mol. The smallest absolute Gasteiger partial charge is 0.335 e. The lowest BCUT2D eigenvalue weighted by Crippen LogP contribution is -2.40. The van der Waals surface area contributed by atoms with Gasteiger partial charge in [0, 0.05) is 17.3 Å². The lowest BCUT2D eigenvalue weighted by atomic mass is 9.95. The number of hydrogen-bond acceptors (Lipinski definition) is 6. The average Bonchev–Trinajstić information content (AvgIpc) is 3.57. The maximum atomic E-state index is 13.9. The summed E-state index contributed by atoms with van der Waals surface area (Å²) in [5.74, 6) is -1.07. The van der Waals surface area contributed by atoms with Gasteiger partial charge in [-0.25, -0.2) is 14.2 Å². The number of carbonyl (C=O) groups excluding carboxylic acids is 1. The van der Waals surface area contributed by atoms with E-state index in [4.69, 9.17) is 4.42 Å². The molecule has 0 unspecified atom stereocenters. The second-order valence-corrected chi connectivity index (χ2v) is 11.0. The lowest BCUT2D eigenvalue weighted by Gasteiger charge is -2.25. The van der Waals surface area contributed by atoms with Crippen LogP contribution in [0.15, 0.2) is 110 Å². The molecule has 0 saturated heterocycles. The van der Waals surface area contributed by atoms with Gasteiger partial charge in [0.1, 0.15) is 17.3 Å². The molecule has 6 rings (SSSR count). The predicted octanol–water partition coefficient (Wildman–Crippen LogP) is 5.28. The highest BCUT2D eigenvalue weighted by molar-refractivity contribution is 7.07. The molecule has 5 aromatic rings. The highest BCUT2D eigenvalue weighted by Gasteiger charge is 2.32. The number of amides is 1. The van der Waals surface area contributed by atoms with Gasteiger partial charge < -0.3 is 14.8 Å². The molecule has 1 atom stereocenters. The van der Waals surface area contributed by atoms with E-state index >= 15 is 0 Å². The molecule has 214 valence electrons. The Morgan fingerprint density at radius 3 is 2.49 bits per heavy atom. The van der Waals surface area contributed by atoms with Gasteiger partial charge >= 0.3 is 5.97 Å². The Bertz CT molecular complexity index is 2110. The van der Waals surface area contributed by atoms with Crippen LogP contribution in [0, 0.1) is 12.7 Å². The number of para-hydroxylation sites is 1. The van der Waals surface area contributed by atoms with Gasteiger partial charge in [-0.2, -0.15) is 0 Å². The molecule has 1 amide bonds. The fourth-order valence-electron chi connectivity index (χ4n) is 5.02. The van der Waals surface area contributed by atoms with E-state index < -0.39 is 29.3 Å². The average molecular weight is 594 g/mol. The topological polar surface area (TPSA) is 114 Å². The summed E-state index contributed by atoms with van der Waals surface area (Å²) in [6.45, 7) is 3.56. The third kappa shape index (κ3) is 5.35. The van der Waals surface area contributed by atoms with Gasteiger partial charge in [-0.3, -0.25) is 14.2 Å². The van der Waals surface area contributed by atoms with Crippen molar-refractivity contribution in [3.8, 4) is 11.3 Å². The first-order valence-electron chi connectivity index (χ1n) is 13.3. The minimum absolute atomic E-state index is 0.134. The van der Waals surface area contributed by atoms with Crippen LogP contribution in [0.1, 0.15) is 40.2 Å². The van der Waals surface area contributed by atoms with Crippen LogP contribution in [0.5, 0.6) is 0 Å². The summed E-state index contributed by atoms with van der Waals surface area (Å²) in [4.78, 5) is 44.0. The molecule has 10 heteroatoms. The molecule has 0 spiro atoms. The van der Waals surface area contributed by atoms with Crippen molar-refractivity contribution in [1.29, 1.82) is 0 Å². The molecule has 3 aromatic carbocycles. The summed E-state index contributed by atoms with van der Waals surface area (Å²) in [7, 11) is 0. The zero-order valence-corrected chi connectivity index (χ0v) is 23.8. The highest BCUT2D eigenvalue weighted by Crippen LogP contribution is 2.31. The number of carboxylic acid groups (broad SMARTS) is 1. The largest absolute Gasteiger partial charge is 0.478 e. The van der Waals surface area contributed by atoms with Crippen LogP contribution < -0.4 is 20.2 Å². The molecular weight excluding hydrogens is 569 g/mol. The van der Waals surface area contributed by atoms with E-state index in [0.717, 1.165) is 16.9 Å². The van der Waals surface area contributed by atoms with Crippen LogP contribution in [0.2, 0.25) is 0 Å². The second kappa shape index (κ2) is 11.1. The van der Waals surface area contributed by atoms with Crippen molar-refractivity contribution in [3.05, 3.63) is 144 Å². The number of nitrogens with one attached hydrogen (secondary N) is 1. The maximum absolute atomic E-state index is 13.9. The maximum Gasteiger partial charge on any atom is 0.335 e. The van der Waals surface area contributed by atoms with Crippen LogP contribution in [-0.4, -0.2) is 21.6 Å². The summed E-state index contributed by atoms with van der Waals surface area (Å²) >= 11 is 1.14. The Hall–Kier alpha value is -5.35. The molecule has 2 aromatic heterocycles. The SMILES string of the molecule is CC1=C(C(=O)Nc2ccccc2)[C@@H](c2ccc(F)cc2)n2c(s/c(=C\c3ccc(-c4cc(C(=O)O)ccc4C)o3)c2=O)=N1. The minimum atomic E-state index is -1.04. The number of carbonyl (C=O) groups is 2. The zero-order valence-electron chi connectivity index (χ0n) is 23.0. The highest BCUT2D eigenvalue weighted by atomic mass is 32.1. The number of allylic oxidation sites excluding steroid dienone is 1. The van der Waals surface area contributed by atoms with E-state index in [1.165, 1.54) is 22.8 Å². The van der Waals surface area contributed by atoms with Crippen LogP contribution >= 0.6 is 11.3 Å². The van der Waals surface area contributed by atoms with Gasteiger partial charge in [-0.15, -0.1) is 0 Å². The van der Waals surface area contributed by atoms with Gasteiger partial charge in [0.2, 0.25) is 0 Å². The van der Waals surface area contributed by atoms with Crippen LogP contribution in [0.4, 0.5) is 10.1 Å².